The molecule has 0 heterocycles. The van der Waals surface area contributed by atoms with Gasteiger partial charge >= 0.3 is 0 Å². The first kappa shape index (κ1) is 20.3. The van der Waals surface area contributed by atoms with Gasteiger partial charge in [-0.25, -0.2) is 0 Å². The van der Waals surface area contributed by atoms with Crippen molar-refractivity contribution >= 4 is 23.2 Å². The lowest BCUT2D eigenvalue weighted by Gasteiger charge is -2.06. The molecule has 0 saturated heterocycles. The summed E-state index contributed by atoms with van der Waals surface area (Å²) >= 11 is 11.9. The van der Waals surface area contributed by atoms with Crippen LogP contribution < -0.4 is 0 Å². The fraction of sp³-hybridized carbons (Fsp3) is 0.294. The Bertz CT molecular complexity index is 403. The average molecular weight is 299 g/mol. The third-order valence-corrected chi connectivity index (χ3v) is 2.62. The van der Waals surface area contributed by atoms with Crippen molar-refractivity contribution in [3.8, 4) is 0 Å². The van der Waals surface area contributed by atoms with E-state index in [4.69, 9.17) is 23.2 Å². The molecule has 0 spiro atoms. The van der Waals surface area contributed by atoms with E-state index in [1.807, 2.05) is 58.0 Å². The molecule has 0 aliphatic heterocycles. The normalized spacial score (nSPS) is 9.47. The van der Waals surface area contributed by atoms with Crippen LogP contribution in [0.5, 0.6) is 0 Å². The lowest BCUT2D eigenvalue weighted by molar-refractivity contribution is 1.19. The number of benzene rings is 1. The van der Waals surface area contributed by atoms with Gasteiger partial charge < -0.3 is 0 Å². The molecule has 19 heavy (non-hydrogen) atoms. The third kappa shape index (κ3) is 8.69. The Balaban J connectivity index is 0. The number of allylic oxidation sites excluding steroid dienone is 4. The van der Waals surface area contributed by atoms with Crippen LogP contribution in [0.1, 0.15) is 33.3 Å². The van der Waals surface area contributed by atoms with Crippen LogP contribution in [0.4, 0.5) is 0 Å². The third-order valence-electron chi connectivity index (χ3n) is 2.01. The predicted octanol–water partition coefficient (Wildman–Crippen LogP) is 6.80. The summed E-state index contributed by atoms with van der Waals surface area (Å²) in [5.74, 6) is 0. The minimum Gasteiger partial charge on any atom is -0.0991 e. The molecule has 0 nitrogen and oxygen atoms in total. The van der Waals surface area contributed by atoms with Crippen molar-refractivity contribution in [1.82, 2.24) is 0 Å². The topological polar surface area (TPSA) is 0 Å². The molecule has 0 radical (unpaired) electrons. The Morgan fingerprint density at radius 2 is 1.68 bits per heavy atom. The van der Waals surface area contributed by atoms with Gasteiger partial charge in [0, 0.05) is 16.5 Å². The molecule has 1 rings (SSSR count). The first-order valence-electron chi connectivity index (χ1n) is 6.55. The van der Waals surface area contributed by atoms with Gasteiger partial charge in [-0.2, -0.15) is 0 Å². The maximum Gasteiger partial charge on any atom is 0.0441 e. The molecule has 1 aromatic rings. The molecule has 0 amide bonds. The summed E-state index contributed by atoms with van der Waals surface area (Å²) < 4.78 is 0. The van der Waals surface area contributed by atoms with Crippen molar-refractivity contribution < 1.29 is 0 Å². The van der Waals surface area contributed by atoms with Crippen molar-refractivity contribution in [1.29, 1.82) is 0 Å². The van der Waals surface area contributed by atoms with Crippen LogP contribution in [0.15, 0.2) is 60.2 Å². The standard InChI is InChI=1S/C13H12Cl2.2C2H6/c1-3-6-11(10(2)14)9-12-7-4-5-8-13(12)15;2*1-2/h3-8H,1-2,9H2;2*1-2H3/b11-6-;;. The van der Waals surface area contributed by atoms with Gasteiger partial charge in [0.25, 0.3) is 0 Å². The van der Waals surface area contributed by atoms with Gasteiger partial charge in [-0.1, -0.05) is 94.4 Å². The van der Waals surface area contributed by atoms with Crippen molar-refractivity contribution in [2.75, 3.05) is 0 Å². The average Bonchev–Trinajstić information content (AvgIpc) is 2.45. The Kier molecular flexibility index (Phi) is 14.4. The monoisotopic (exact) mass is 298 g/mol. The highest BCUT2D eigenvalue weighted by atomic mass is 35.5. The molecule has 1 aromatic carbocycles. The summed E-state index contributed by atoms with van der Waals surface area (Å²) in [5.41, 5.74) is 1.97. The minimum atomic E-state index is 0.523. The Hall–Kier alpha value is -0.980. The minimum absolute atomic E-state index is 0.523. The highest BCUT2D eigenvalue weighted by Crippen LogP contribution is 2.23. The highest BCUT2D eigenvalue weighted by Gasteiger charge is 2.04. The fourth-order valence-electron chi connectivity index (χ4n) is 1.23. The van der Waals surface area contributed by atoms with E-state index in [0.29, 0.717) is 11.5 Å². The van der Waals surface area contributed by atoms with Crippen LogP contribution in [-0.2, 0) is 6.42 Å². The van der Waals surface area contributed by atoms with E-state index in [-0.39, 0.29) is 0 Å². The van der Waals surface area contributed by atoms with Gasteiger partial charge in [0.15, 0.2) is 0 Å². The van der Waals surface area contributed by atoms with Gasteiger partial charge in [0.1, 0.15) is 0 Å². The zero-order chi connectivity index (χ0) is 15.3. The van der Waals surface area contributed by atoms with Gasteiger partial charge in [0.05, 0.1) is 0 Å². The van der Waals surface area contributed by atoms with Crippen LogP contribution in [0, 0.1) is 0 Å². The number of hydrogen-bond acceptors (Lipinski definition) is 0. The second kappa shape index (κ2) is 13.5. The van der Waals surface area contributed by atoms with Crippen molar-refractivity contribution in [2.24, 2.45) is 0 Å². The Labute approximate surface area is 128 Å². The number of rotatable bonds is 4. The summed E-state index contributed by atoms with van der Waals surface area (Å²) in [7, 11) is 0. The molecule has 106 valence electrons. The second-order valence-corrected chi connectivity index (χ2v) is 3.96. The molecular formula is C17H24Cl2. The molecule has 0 bridgehead atoms. The summed E-state index contributed by atoms with van der Waals surface area (Å²) in [4.78, 5) is 0. The summed E-state index contributed by atoms with van der Waals surface area (Å²) in [6.45, 7) is 15.3. The summed E-state index contributed by atoms with van der Waals surface area (Å²) in [6.07, 6.45) is 4.21. The van der Waals surface area contributed by atoms with Crippen molar-refractivity contribution in [3.63, 3.8) is 0 Å². The zero-order valence-electron chi connectivity index (χ0n) is 12.3. The molecule has 2 heteroatoms. The lowest BCUT2D eigenvalue weighted by atomic mass is 10.0. The van der Waals surface area contributed by atoms with E-state index in [0.717, 1.165) is 16.2 Å². The van der Waals surface area contributed by atoms with Crippen LogP contribution in [0.2, 0.25) is 5.02 Å². The molecule has 0 saturated carbocycles. The number of hydrogen-bond donors (Lipinski definition) is 0. The van der Waals surface area contributed by atoms with E-state index in [2.05, 4.69) is 13.2 Å². The first-order chi connectivity index (χ1) is 9.15. The Morgan fingerprint density at radius 3 is 2.11 bits per heavy atom. The fourth-order valence-corrected chi connectivity index (χ4v) is 1.57. The van der Waals surface area contributed by atoms with E-state index >= 15 is 0 Å². The molecule has 0 aromatic heterocycles. The quantitative estimate of drug-likeness (QED) is 0.536. The molecule has 0 atom stereocenters. The predicted molar refractivity (Wildman–Crippen MR) is 91.1 cm³/mol. The van der Waals surface area contributed by atoms with Crippen LogP contribution >= 0.6 is 23.2 Å². The highest BCUT2D eigenvalue weighted by molar-refractivity contribution is 6.32. The molecule has 0 N–H and O–H groups in total. The largest absolute Gasteiger partial charge is 0.0991 e. The summed E-state index contributed by atoms with van der Waals surface area (Å²) in [6, 6.07) is 7.68. The van der Waals surface area contributed by atoms with Crippen LogP contribution in [-0.4, -0.2) is 0 Å². The first-order valence-corrected chi connectivity index (χ1v) is 7.30. The molecular weight excluding hydrogens is 275 g/mol. The maximum atomic E-state index is 6.05. The van der Waals surface area contributed by atoms with Crippen LogP contribution in [0.25, 0.3) is 0 Å². The van der Waals surface area contributed by atoms with Crippen molar-refractivity contribution in [3.05, 3.63) is 70.8 Å². The molecule has 0 aliphatic rings. The van der Waals surface area contributed by atoms with E-state index in [1.54, 1.807) is 6.08 Å². The van der Waals surface area contributed by atoms with Gasteiger partial charge in [-0.15, -0.1) is 0 Å². The maximum absolute atomic E-state index is 6.05. The van der Waals surface area contributed by atoms with E-state index < -0.39 is 0 Å². The smallest absolute Gasteiger partial charge is 0.0441 e. The van der Waals surface area contributed by atoms with E-state index in [1.165, 1.54) is 0 Å². The zero-order valence-corrected chi connectivity index (χ0v) is 13.9. The molecule has 0 unspecified atom stereocenters. The van der Waals surface area contributed by atoms with Gasteiger partial charge in [0.2, 0.25) is 0 Å². The SMILES string of the molecule is C=C/C=C(/Cc1ccccc1Cl)C(=C)Cl.CC.CC. The van der Waals surface area contributed by atoms with Gasteiger partial charge in [-0.05, 0) is 17.2 Å². The van der Waals surface area contributed by atoms with Crippen molar-refractivity contribution in [2.45, 2.75) is 34.1 Å². The number of halogens is 2. The van der Waals surface area contributed by atoms with Gasteiger partial charge in [-0.3, -0.25) is 0 Å². The Morgan fingerprint density at radius 1 is 1.16 bits per heavy atom. The molecule has 0 aliphatic carbocycles. The summed E-state index contributed by atoms with van der Waals surface area (Å²) in [5, 5.41) is 1.26. The molecule has 0 fully saturated rings. The van der Waals surface area contributed by atoms with Crippen LogP contribution in [0.3, 0.4) is 0 Å². The van der Waals surface area contributed by atoms with E-state index in [9.17, 15) is 0 Å². The second-order valence-electron chi connectivity index (χ2n) is 3.10. The lowest BCUT2D eigenvalue weighted by Crippen LogP contribution is -1.91.